The van der Waals surface area contributed by atoms with Crippen molar-refractivity contribution >= 4 is 0 Å². The van der Waals surface area contributed by atoms with Crippen molar-refractivity contribution in [2.24, 2.45) is 0 Å². The molecule has 0 spiro atoms. The molecule has 1 heterocycles. The first-order valence-corrected chi connectivity index (χ1v) is 5.54. The average molecular weight is 184 g/mol. The van der Waals surface area contributed by atoms with Gasteiger partial charge in [-0.15, -0.1) is 0 Å². The van der Waals surface area contributed by atoms with Gasteiger partial charge < -0.3 is 5.32 Å². The Kier molecular flexibility index (Phi) is 3.74. The van der Waals surface area contributed by atoms with Crippen LogP contribution < -0.4 is 5.32 Å². The number of nitrogens with zero attached hydrogens (tertiary/aromatic N) is 1. The highest BCUT2D eigenvalue weighted by Crippen LogP contribution is 2.20. The van der Waals surface area contributed by atoms with Crippen LogP contribution in [0.2, 0.25) is 0 Å². The highest BCUT2D eigenvalue weighted by Gasteiger charge is 2.31. The van der Waals surface area contributed by atoms with Crippen LogP contribution in [-0.4, -0.2) is 35.6 Å². The molecule has 1 aliphatic heterocycles. The molecule has 0 saturated carbocycles. The van der Waals surface area contributed by atoms with E-state index in [1.165, 1.54) is 13.0 Å². The van der Waals surface area contributed by atoms with Crippen molar-refractivity contribution in [2.75, 3.05) is 6.54 Å². The van der Waals surface area contributed by atoms with Crippen molar-refractivity contribution < 1.29 is 0 Å². The first kappa shape index (κ1) is 11.0. The summed E-state index contributed by atoms with van der Waals surface area (Å²) >= 11 is 0. The summed E-state index contributed by atoms with van der Waals surface area (Å²) < 4.78 is 0. The Morgan fingerprint density at radius 1 is 1.23 bits per heavy atom. The number of rotatable bonds is 3. The van der Waals surface area contributed by atoms with Crippen LogP contribution in [0.1, 0.15) is 41.0 Å². The van der Waals surface area contributed by atoms with Crippen molar-refractivity contribution in [1.82, 2.24) is 10.2 Å². The minimum Gasteiger partial charge on any atom is -0.310 e. The summed E-state index contributed by atoms with van der Waals surface area (Å²) in [7, 11) is 0. The fourth-order valence-corrected chi connectivity index (χ4v) is 2.34. The van der Waals surface area contributed by atoms with Crippen molar-refractivity contribution in [1.29, 1.82) is 0 Å². The second-order valence-electron chi connectivity index (χ2n) is 4.79. The molecular weight excluding hydrogens is 160 g/mol. The highest BCUT2D eigenvalue weighted by molar-refractivity contribution is 4.90. The van der Waals surface area contributed by atoms with Crippen LogP contribution in [0.5, 0.6) is 0 Å². The Morgan fingerprint density at radius 3 is 2.23 bits per heavy atom. The lowest BCUT2D eigenvalue weighted by Crippen LogP contribution is -2.45. The van der Waals surface area contributed by atoms with Crippen LogP contribution in [0.4, 0.5) is 0 Å². The van der Waals surface area contributed by atoms with Gasteiger partial charge in [0.25, 0.3) is 0 Å². The summed E-state index contributed by atoms with van der Waals surface area (Å²) in [6.07, 6.45) is 1.30. The minimum absolute atomic E-state index is 0.611. The van der Waals surface area contributed by atoms with Crippen LogP contribution in [0, 0.1) is 0 Å². The van der Waals surface area contributed by atoms with Gasteiger partial charge in [0.1, 0.15) is 0 Å². The Hall–Kier alpha value is -0.0800. The van der Waals surface area contributed by atoms with Gasteiger partial charge in [-0.2, -0.15) is 0 Å². The molecule has 1 saturated heterocycles. The van der Waals surface area contributed by atoms with Crippen LogP contribution >= 0.6 is 0 Å². The molecule has 1 N–H and O–H groups in total. The molecule has 13 heavy (non-hydrogen) atoms. The number of hydrogen-bond donors (Lipinski definition) is 1. The molecule has 0 radical (unpaired) electrons. The minimum atomic E-state index is 0.611. The van der Waals surface area contributed by atoms with Crippen molar-refractivity contribution in [3.63, 3.8) is 0 Å². The molecule has 2 unspecified atom stereocenters. The zero-order valence-corrected chi connectivity index (χ0v) is 9.67. The van der Waals surface area contributed by atoms with Crippen LogP contribution in [0.25, 0.3) is 0 Å². The van der Waals surface area contributed by atoms with Gasteiger partial charge in [0, 0.05) is 30.7 Å². The Morgan fingerprint density at radius 2 is 1.85 bits per heavy atom. The SMILES string of the molecule is CC(C)NC1CCN(C(C)C)C1C. The van der Waals surface area contributed by atoms with Gasteiger partial charge >= 0.3 is 0 Å². The van der Waals surface area contributed by atoms with Gasteiger partial charge in [0.15, 0.2) is 0 Å². The zero-order valence-electron chi connectivity index (χ0n) is 9.67. The van der Waals surface area contributed by atoms with E-state index in [1.807, 2.05) is 0 Å². The Labute approximate surface area is 82.7 Å². The molecule has 0 aromatic carbocycles. The molecule has 0 aliphatic carbocycles. The molecule has 1 aliphatic rings. The summed E-state index contributed by atoms with van der Waals surface area (Å²) in [4.78, 5) is 2.58. The number of hydrogen-bond acceptors (Lipinski definition) is 2. The molecule has 0 amide bonds. The second kappa shape index (κ2) is 4.43. The fourth-order valence-electron chi connectivity index (χ4n) is 2.34. The lowest BCUT2D eigenvalue weighted by Gasteiger charge is -2.29. The van der Waals surface area contributed by atoms with Crippen LogP contribution in [0.3, 0.4) is 0 Å². The fraction of sp³-hybridized carbons (Fsp3) is 1.00. The summed E-state index contributed by atoms with van der Waals surface area (Å²) in [6.45, 7) is 12.6. The molecular formula is C11H24N2. The van der Waals surface area contributed by atoms with Crippen molar-refractivity contribution in [3.05, 3.63) is 0 Å². The third-order valence-electron chi connectivity index (χ3n) is 3.01. The van der Waals surface area contributed by atoms with Crippen LogP contribution in [-0.2, 0) is 0 Å². The molecule has 1 rings (SSSR count). The predicted molar refractivity (Wildman–Crippen MR) is 58.0 cm³/mol. The summed E-state index contributed by atoms with van der Waals surface area (Å²) in [5, 5.41) is 3.63. The van der Waals surface area contributed by atoms with Crippen molar-refractivity contribution in [3.8, 4) is 0 Å². The largest absolute Gasteiger partial charge is 0.310 e. The van der Waals surface area contributed by atoms with Gasteiger partial charge in [-0.05, 0) is 27.2 Å². The first-order valence-electron chi connectivity index (χ1n) is 5.54. The van der Waals surface area contributed by atoms with Gasteiger partial charge in [0.2, 0.25) is 0 Å². The van der Waals surface area contributed by atoms with Gasteiger partial charge in [0.05, 0.1) is 0 Å². The Bertz CT molecular complexity index is 154. The molecule has 2 nitrogen and oxygen atoms in total. The molecule has 0 bridgehead atoms. The molecule has 2 heteroatoms. The first-order chi connectivity index (χ1) is 6.02. The maximum absolute atomic E-state index is 3.63. The van der Waals surface area contributed by atoms with E-state index >= 15 is 0 Å². The van der Waals surface area contributed by atoms with E-state index < -0.39 is 0 Å². The molecule has 1 fully saturated rings. The second-order valence-corrected chi connectivity index (χ2v) is 4.79. The van der Waals surface area contributed by atoms with E-state index in [-0.39, 0.29) is 0 Å². The monoisotopic (exact) mass is 184 g/mol. The quantitative estimate of drug-likeness (QED) is 0.720. The van der Waals surface area contributed by atoms with E-state index in [4.69, 9.17) is 0 Å². The number of likely N-dealkylation sites (tertiary alicyclic amines) is 1. The van der Waals surface area contributed by atoms with E-state index in [2.05, 4.69) is 44.8 Å². The summed E-state index contributed by atoms with van der Waals surface area (Å²) in [5.74, 6) is 0. The summed E-state index contributed by atoms with van der Waals surface area (Å²) in [6, 6.07) is 2.69. The topological polar surface area (TPSA) is 15.3 Å². The van der Waals surface area contributed by atoms with E-state index in [0.717, 1.165) is 0 Å². The lowest BCUT2D eigenvalue weighted by atomic mass is 10.1. The van der Waals surface area contributed by atoms with Gasteiger partial charge in [-0.25, -0.2) is 0 Å². The lowest BCUT2D eigenvalue weighted by molar-refractivity contribution is 0.200. The summed E-state index contributed by atoms with van der Waals surface area (Å²) in [5.41, 5.74) is 0. The third kappa shape index (κ3) is 2.68. The average Bonchev–Trinajstić information content (AvgIpc) is 2.32. The molecule has 0 aromatic heterocycles. The normalized spacial score (nSPS) is 30.7. The van der Waals surface area contributed by atoms with Crippen LogP contribution in [0.15, 0.2) is 0 Å². The molecule has 2 atom stereocenters. The maximum atomic E-state index is 3.63. The maximum Gasteiger partial charge on any atom is 0.0235 e. The van der Waals surface area contributed by atoms with Gasteiger partial charge in [-0.3, -0.25) is 4.90 Å². The van der Waals surface area contributed by atoms with E-state index in [1.54, 1.807) is 0 Å². The smallest absolute Gasteiger partial charge is 0.0235 e. The number of nitrogens with one attached hydrogen (secondary N) is 1. The molecule has 78 valence electrons. The Balaban J connectivity index is 2.45. The van der Waals surface area contributed by atoms with E-state index in [9.17, 15) is 0 Å². The zero-order chi connectivity index (χ0) is 10.0. The predicted octanol–water partition coefficient (Wildman–Crippen LogP) is 1.86. The molecule has 0 aromatic rings. The highest BCUT2D eigenvalue weighted by atomic mass is 15.2. The van der Waals surface area contributed by atoms with E-state index in [0.29, 0.717) is 24.2 Å². The van der Waals surface area contributed by atoms with Gasteiger partial charge in [-0.1, -0.05) is 13.8 Å². The standard InChI is InChI=1S/C11H24N2/c1-8(2)12-11-6-7-13(9(3)4)10(11)5/h8-12H,6-7H2,1-5H3. The van der Waals surface area contributed by atoms with Crippen molar-refractivity contribution in [2.45, 2.75) is 65.2 Å². The third-order valence-corrected chi connectivity index (χ3v) is 3.01.